The molecule has 14 heteroatoms. The molecule has 194 valence electrons. The third-order valence-corrected chi connectivity index (χ3v) is 6.58. The highest BCUT2D eigenvalue weighted by Crippen LogP contribution is 2.39. The van der Waals surface area contributed by atoms with Crippen molar-refractivity contribution in [2.75, 3.05) is 11.9 Å². The van der Waals surface area contributed by atoms with Crippen molar-refractivity contribution < 1.29 is 26.7 Å². The van der Waals surface area contributed by atoms with Gasteiger partial charge in [0, 0.05) is 18.1 Å². The smallest absolute Gasteiger partial charge is 0.354 e. The van der Waals surface area contributed by atoms with E-state index in [0.29, 0.717) is 19.4 Å². The van der Waals surface area contributed by atoms with Gasteiger partial charge in [0.1, 0.15) is 11.7 Å². The first-order valence-electron chi connectivity index (χ1n) is 11.9. The maximum atomic E-state index is 13.9. The molecule has 0 bridgehead atoms. The summed E-state index contributed by atoms with van der Waals surface area (Å²) in [6, 6.07) is 2.79. The predicted molar refractivity (Wildman–Crippen MR) is 122 cm³/mol. The summed E-state index contributed by atoms with van der Waals surface area (Å²) in [6.07, 6.45) is -2.64. The standard InChI is InChI=1S/C23H21F5N8O/c24-18(25)17-13(10-35(33-17)11-7-8-11)19-32-20-12-4-3-5-14(23(26,27)28)16(12)31-22(36(20)34-19)30-15-6-1-2-9-29-21(15)37/h3-5,10-11,15,18H,1-2,6-9H2,(H,29,37)(H,30,31)/t15-/m1/s1. The van der Waals surface area contributed by atoms with Gasteiger partial charge in [-0.25, -0.2) is 18.7 Å². The van der Waals surface area contributed by atoms with Crippen LogP contribution in [0.3, 0.4) is 0 Å². The van der Waals surface area contributed by atoms with E-state index in [2.05, 4.69) is 30.8 Å². The number of benzene rings is 1. The van der Waals surface area contributed by atoms with Crippen LogP contribution in [-0.4, -0.2) is 47.9 Å². The second kappa shape index (κ2) is 8.63. The summed E-state index contributed by atoms with van der Waals surface area (Å²) in [5.41, 5.74) is -1.90. The first-order chi connectivity index (χ1) is 17.7. The third-order valence-electron chi connectivity index (χ3n) is 6.58. The summed E-state index contributed by atoms with van der Waals surface area (Å²) >= 11 is 0. The number of hydrogen-bond donors (Lipinski definition) is 2. The first kappa shape index (κ1) is 23.6. The number of rotatable bonds is 5. The average molecular weight is 520 g/mol. The zero-order valence-electron chi connectivity index (χ0n) is 19.3. The minimum atomic E-state index is -4.71. The molecule has 4 heterocycles. The third kappa shape index (κ3) is 4.23. The minimum absolute atomic E-state index is 0.0103. The molecule has 9 nitrogen and oxygen atoms in total. The normalized spacial score (nSPS) is 19.0. The number of aromatic nitrogens is 6. The van der Waals surface area contributed by atoms with Crippen molar-refractivity contribution in [1.82, 2.24) is 34.7 Å². The summed E-state index contributed by atoms with van der Waals surface area (Å²) in [6.45, 7) is 0.491. The van der Waals surface area contributed by atoms with E-state index in [-0.39, 0.29) is 45.8 Å². The number of halogens is 5. The van der Waals surface area contributed by atoms with Crippen molar-refractivity contribution in [1.29, 1.82) is 0 Å². The molecule has 1 aliphatic heterocycles. The second-order valence-corrected chi connectivity index (χ2v) is 9.23. The van der Waals surface area contributed by atoms with Crippen LogP contribution in [0.4, 0.5) is 27.9 Å². The number of hydrogen-bond acceptors (Lipinski definition) is 6. The maximum absolute atomic E-state index is 13.9. The number of amides is 1. The van der Waals surface area contributed by atoms with Crippen LogP contribution in [0.25, 0.3) is 27.9 Å². The molecule has 2 N–H and O–H groups in total. The van der Waals surface area contributed by atoms with Crippen LogP contribution < -0.4 is 10.6 Å². The molecule has 2 aliphatic rings. The maximum Gasteiger partial charge on any atom is 0.418 e. The molecule has 0 unspecified atom stereocenters. The van der Waals surface area contributed by atoms with Crippen molar-refractivity contribution >= 4 is 28.4 Å². The molecule has 1 atom stereocenters. The summed E-state index contributed by atoms with van der Waals surface area (Å²) in [4.78, 5) is 21.1. The van der Waals surface area contributed by atoms with Gasteiger partial charge >= 0.3 is 6.18 Å². The lowest BCUT2D eigenvalue weighted by atomic mass is 10.1. The number of nitrogens with one attached hydrogen (secondary N) is 2. The van der Waals surface area contributed by atoms with Gasteiger partial charge in [0.15, 0.2) is 11.5 Å². The van der Waals surface area contributed by atoms with Gasteiger partial charge in [-0.05, 0) is 44.2 Å². The van der Waals surface area contributed by atoms with E-state index in [1.165, 1.54) is 27.5 Å². The van der Waals surface area contributed by atoms with E-state index < -0.39 is 29.9 Å². The van der Waals surface area contributed by atoms with Crippen LogP contribution in [0, 0.1) is 0 Å². The summed E-state index contributed by atoms with van der Waals surface area (Å²) in [5.74, 6) is -0.585. The Hall–Kier alpha value is -3.84. The quantitative estimate of drug-likeness (QED) is 0.376. The van der Waals surface area contributed by atoms with E-state index in [4.69, 9.17) is 0 Å². The fraction of sp³-hybridized carbons (Fsp3) is 0.435. The van der Waals surface area contributed by atoms with Crippen LogP contribution in [0.15, 0.2) is 24.4 Å². The molecule has 2 fully saturated rings. The van der Waals surface area contributed by atoms with Gasteiger partial charge in [-0.15, -0.1) is 5.10 Å². The van der Waals surface area contributed by atoms with Gasteiger partial charge < -0.3 is 10.6 Å². The SMILES string of the molecule is O=C1NCCCC[C@H]1Nc1nc2c(C(F)(F)F)cccc2c2nc(-c3cn(C4CC4)nc3C(F)F)nn12. The van der Waals surface area contributed by atoms with Crippen LogP contribution >= 0.6 is 0 Å². The van der Waals surface area contributed by atoms with Gasteiger partial charge in [0.25, 0.3) is 6.43 Å². The van der Waals surface area contributed by atoms with Crippen molar-refractivity contribution in [3.63, 3.8) is 0 Å². The van der Waals surface area contributed by atoms with E-state index in [9.17, 15) is 26.7 Å². The highest BCUT2D eigenvalue weighted by molar-refractivity contribution is 5.95. The fourth-order valence-corrected chi connectivity index (χ4v) is 4.57. The molecular weight excluding hydrogens is 499 g/mol. The highest BCUT2D eigenvalue weighted by atomic mass is 19.4. The lowest BCUT2D eigenvalue weighted by molar-refractivity contribution is -0.136. The fourth-order valence-electron chi connectivity index (χ4n) is 4.57. The Morgan fingerprint density at radius 3 is 2.62 bits per heavy atom. The number of carbonyl (C=O) groups excluding carboxylic acids is 1. The lowest BCUT2D eigenvalue weighted by Gasteiger charge is -2.17. The zero-order valence-corrected chi connectivity index (χ0v) is 19.3. The van der Waals surface area contributed by atoms with Gasteiger partial charge in [-0.2, -0.15) is 22.8 Å². The van der Waals surface area contributed by atoms with Crippen molar-refractivity contribution in [2.24, 2.45) is 0 Å². The second-order valence-electron chi connectivity index (χ2n) is 9.23. The molecular formula is C23H21F5N8O. The Bertz CT molecular complexity index is 1510. The monoisotopic (exact) mass is 520 g/mol. The summed E-state index contributed by atoms with van der Waals surface area (Å²) < 4.78 is 71.9. The Labute approximate surface area is 206 Å². The highest BCUT2D eigenvalue weighted by Gasteiger charge is 2.35. The Morgan fingerprint density at radius 1 is 1.08 bits per heavy atom. The number of alkyl halides is 5. The molecule has 4 aromatic rings. The topological polar surface area (TPSA) is 102 Å². The molecule has 0 spiro atoms. The predicted octanol–water partition coefficient (Wildman–Crippen LogP) is 4.51. The molecule has 37 heavy (non-hydrogen) atoms. The molecule has 0 radical (unpaired) electrons. The molecule has 1 saturated carbocycles. The van der Waals surface area contributed by atoms with Crippen LogP contribution in [-0.2, 0) is 11.0 Å². The zero-order chi connectivity index (χ0) is 25.9. The van der Waals surface area contributed by atoms with Gasteiger partial charge in [-0.1, -0.05) is 6.07 Å². The molecule has 1 amide bonds. The van der Waals surface area contributed by atoms with Crippen LogP contribution in [0.5, 0.6) is 0 Å². The largest absolute Gasteiger partial charge is 0.418 e. The Morgan fingerprint density at radius 2 is 1.89 bits per heavy atom. The number of para-hydroxylation sites is 1. The van der Waals surface area contributed by atoms with Gasteiger partial charge in [0.05, 0.1) is 22.7 Å². The minimum Gasteiger partial charge on any atom is -0.354 e. The lowest BCUT2D eigenvalue weighted by Crippen LogP contribution is -2.38. The van der Waals surface area contributed by atoms with Crippen LogP contribution in [0.1, 0.15) is 55.8 Å². The molecule has 6 rings (SSSR count). The molecule has 1 saturated heterocycles. The summed E-state index contributed by atoms with van der Waals surface area (Å²) in [7, 11) is 0. The number of carbonyl (C=O) groups is 1. The average Bonchev–Trinajstić information content (AvgIpc) is 3.49. The van der Waals surface area contributed by atoms with Gasteiger partial charge in [0.2, 0.25) is 11.9 Å². The Balaban J connectivity index is 1.56. The van der Waals surface area contributed by atoms with Gasteiger partial charge in [-0.3, -0.25) is 9.48 Å². The molecule has 3 aromatic heterocycles. The van der Waals surface area contributed by atoms with E-state index in [1.807, 2.05) is 0 Å². The van der Waals surface area contributed by atoms with Crippen LogP contribution in [0.2, 0.25) is 0 Å². The van der Waals surface area contributed by atoms with E-state index in [0.717, 1.165) is 25.3 Å². The van der Waals surface area contributed by atoms with E-state index >= 15 is 0 Å². The number of fused-ring (bicyclic) bond motifs is 3. The number of anilines is 1. The van der Waals surface area contributed by atoms with Crippen molar-refractivity contribution in [2.45, 2.75) is 56.8 Å². The molecule has 1 aromatic carbocycles. The summed E-state index contributed by atoms with van der Waals surface area (Å²) in [5, 5.41) is 14.1. The number of nitrogens with zero attached hydrogens (tertiary/aromatic N) is 6. The Kier molecular flexibility index (Phi) is 5.49. The van der Waals surface area contributed by atoms with Crippen molar-refractivity contribution in [3.8, 4) is 11.4 Å². The van der Waals surface area contributed by atoms with E-state index in [1.54, 1.807) is 0 Å². The molecule has 1 aliphatic carbocycles. The first-order valence-corrected chi connectivity index (χ1v) is 11.9. The van der Waals surface area contributed by atoms with Crippen molar-refractivity contribution in [3.05, 3.63) is 35.7 Å².